The van der Waals surface area contributed by atoms with Crippen molar-refractivity contribution in [1.82, 2.24) is 4.90 Å². The zero-order valence-corrected chi connectivity index (χ0v) is 12.3. The summed E-state index contributed by atoms with van der Waals surface area (Å²) >= 11 is 0.699. The SMILES string of the molecule is CC(=O)Nc1ccc(C=C2SC(=O)N(CC(=O)O)C2=O)cc1. The van der Waals surface area contributed by atoms with Gasteiger partial charge in [0.25, 0.3) is 11.1 Å². The molecule has 0 bridgehead atoms. The van der Waals surface area contributed by atoms with E-state index in [4.69, 9.17) is 5.11 Å². The fourth-order valence-electron chi connectivity index (χ4n) is 1.79. The minimum absolute atomic E-state index is 0.165. The van der Waals surface area contributed by atoms with Crippen LogP contribution in [0.2, 0.25) is 0 Å². The van der Waals surface area contributed by atoms with Gasteiger partial charge in [-0.2, -0.15) is 0 Å². The van der Waals surface area contributed by atoms with E-state index >= 15 is 0 Å². The second-order valence-corrected chi connectivity index (χ2v) is 5.46. The van der Waals surface area contributed by atoms with Gasteiger partial charge in [-0.15, -0.1) is 0 Å². The number of nitrogens with one attached hydrogen (secondary N) is 1. The summed E-state index contributed by atoms with van der Waals surface area (Å²) in [7, 11) is 0. The summed E-state index contributed by atoms with van der Waals surface area (Å²) in [6.45, 7) is 0.746. The van der Waals surface area contributed by atoms with Gasteiger partial charge in [-0.1, -0.05) is 12.1 Å². The van der Waals surface area contributed by atoms with Crippen LogP contribution in [0.25, 0.3) is 6.08 Å². The van der Waals surface area contributed by atoms with Crippen molar-refractivity contribution in [3.05, 3.63) is 34.7 Å². The largest absolute Gasteiger partial charge is 0.480 e. The van der Waals surface area contributed by atoms with Crippen LogP contribution < -0.4 is 5.32 Å². The lowest BCUT2D eigenvalue weighted by Crippen LogP contribution is -2.33. The average molecular weight is 320 g/mol. The van der Waals surface area contributed by atoms with Crippen LogP contribution in [-0.4, -0.2) is 39.6 Å². The van der Waals surface area contributed by atoms with Crippen molar-refractivity contribution in [1.29, 1.82) is 0 Å². The second-order valence-electron chi connectivity index (χ2n) is 4.46. The minimum atomic E-state index is -1.25. The summed E-state index contributed by atoms with van der Waals surface area (Å²) in [6, 6.07) is 6.68. The van der Waals surface area contributed by atoms with E-state index in [9.17, 15) is 19.2 Å². The molecule has 0 atom stereocenters. The summed E-state index contributed by atoms with van der Waals surface area (Å²) in [5.41, 5.74) is 1.28. The molecule has 1 saturated heterocycles. The van der Waals surface area contributed by atoms with E-state index in [0.717, 1.165) is 0 Å². The Kier molecular flexibility index (Phi) is 4.62. The Morgan fingerprint density at radius 3 is 2.45 bits per heavy atom. The van der Waals surface area contributed by atoms with Crippen LogP contribution in [0.5, 0.6) is 0 Å². The fraction of sp³-hybridized carbons (Fsp3) is 0.143. The van der Waals surface area contributed by atoms with Gasteiger partial charge < -0.3 is 10.4 Å². The third kappa shape index (κ3) is 3.73. The van der Waals surface area contributed by atoms with Gasteiger partial charge in [-0.25, -0.2) is 0 Å². The summed E-state index contributed by atoms with van der Waals surface area (Å²) < 4.78 is 0. The first-order valence-corrected chi connectivity index (χ1v) is 7.03. The number of benzene rings is 1. The summed E-state index contributed by atoms with van der Waals surface area (Å²) in [5, 5.41) is 10.7. The molecular formula is C14H12N2O5S. The van der Waals surface area contributed by atoms with Crippen LogP contribution in [0.15, 0.2) is 29.2 Å². The molecule has 0 aliphatic carbocycles. The normalized spacial score (nSPS) is 16.2. The highest BCUT2D eigenvalue weighted by molar-refractivity contribution is 8.18. The first-order chi connectivity index (χ1) is 10.4. The van der Waals surface area contributed by atoms with Crippen LogP contribution in [0.4, 0.5) is 10.5 Å². The number of carbonyl (C=O) groups is 4. The third-order valence-corrected chi connectivity index (χ3v) is 3.60. The molecular weight excluding hydrogens is 308 g/mol. The number of hydrogen-bond acceptors (Lipinski definition) is 5. The van der Waals surface area contributed by atoms with E-state index < -0.39 is 23.7 Å². The predicted octanol–water partition coefficient (Wildman–Crippen LogP) is 1.77. The van der Waals surface area contributed by atoms with Gasteiger partial charge in [0.05, 0.1) is 4.91 Å². The van der Waals surface area contributed by atoms with Crippen molar-refractivity contribution in [2.75, 3.05) is 11.9 Å². The van der Waals surface area contributed by atoms with Gasteiger partial charge >= 0.3 is 5.97 Å². The van der Waals surface area contributed by atoms with Crippen molar-refractivity contribution in [2.45, 2.75) is 6.92 Å². The Balaban J connectivity index is 2.16. The summed E-state index contributed by atoms with van der Waals surface area (Å²) in [6.07, 6.45) is 1.50. The fourth-order valence-corrected chi connectivity index (χ4v) is 2.63. The number of rotatable bonds is 4. The van der Waals surface area contributed by atoms with Gasteiger partial charge in [-0.3, -0.25) is 24.1 Å². The van der Waals surface area contributed by atoms with Gasteiger partial charge in [0.1, 0.15) is 6.54 Å². The van der Waals surface area contributed by atoms with Gasteiger partial charge in [0.2, 0.25) is 5.91 Å². The van der Waals surface area contributed by atoms with Crippen molar-refractivity contribution in [3.8, 4) is 0 Å². The molecule has 1 aliphatic rings. The zero-order valence-electron chi connectivity index (χ0n) is 11.5. The summed E-state index contributed by atoms with van der Waals surface area (Å²) in [5.74, 6) is -2.06. The number of imide groups is 1. The highest BCUT2D eigenvalue weighted by Gasteiger charge is 2.36. The van der Waals surface area contributed by atoms with Crippen LogP contribution in [0.1, 0.15) is 12.5 Å². The number of aliphatic carboxylic acids is 1. The van der Waals surface area contributed by atoms with Crippen LogP contribution in [-0.2, 0) is 14.4 Å². The van der Waals surface area contributed by atoms with E-state index in [-0.39, 0.29) is 10.8 Å². The number of anilines is 1. The second kappa shape index (κ2) is 6.44. The van der Waals surface area contributed by atoms with E-state index in [1.165, 1.54) is 13.0 Å². The Hall–Kier alpha value is -2.61. The van der Waals surface area contributed by atoms with Crippen LogP contribution in [0, 0.1) is 0 Å². The number of hydrogen-bond donors (Lipinski definition) is 2. The molecule has 1 fully saturated rings. The lowest BCUT2D eigenvalue weighted by molar-refractivity contribution is -0.140. The molecule has 8 heteroatoms. The zero-order chi connectivity index (χ0) is 16.3. The molecule has 114 valence electrons. The molecule has 7 nitrogen and oxygen atoms in total. The van der Waals surface area contributed by atoms with Crippen molar-refractivity contribution in [3.63, 3.8) is 0 Å². The maximum Gasteiger partial charge on any atom is 0.323 e. The Bertz CT molecular complexity index is 681. The molecule has 0 spiro atoms. The number of carbonyl (C=O) groups excluding carboxylic acids is 3. The highest BCUT2D eigenvalue weighted by atomic mass is 32.2. The highest BCUT2D eigenvalue weighted by Crippen LogP contribution is 2.32. The van der Waals surface area contributed by atoms with Crippen molar-refractivity contribution in [2.24, 2.45) is 0 Å². The van der Waals surface area contributed by atoms with E-state index in [0.29, 0.717) is 27.9 Å². The number of amides is 3. The Morgan fingerprint density at radius 1 is 1.27 bits per heavy atom. The number of nitrogens with zero attached hydrogens (tertiary/aromatic N) is 1. The van der Waals surface area contributed by atoms with E-state index in [1.807, 2.05) is 0 Å². The maximum absolute atomic E-state index is 12.0. The average Bonchev–Trinajstić information content (AvgIpc) is 2.68. The standard InChI is InChI=1S/C14H12N2O5S/c1-8(17)15-10-4-2-9(3-5-10)6-11-13(20)16(7-12(18)19)14(21)22-11/h2-6H,7H2,1H3,(H,15,17)(H,18,19). The molecule has 2 N–H and O–H groups in total. The van der Waals surface area contributed by atoms with Crippen LogP contribution in [0.3, 0.4) is 0 Å². The first-order valence-electron chi connectivity index (χ1n) is 6.21. The smallest absolute Gasteiger partial charge is 0.323 e. The molecule has 1 aliphatic heterocycles. The first kappa shape index (κ1) is 15.8. The van der Waals surface area contributed by atoms with E-state index in [1.54, 1.807) is 24.3 Å². The molecule has 0 radical (unpaired) electrons. The molecule has 1 aromatic rings. The van der Waals surface area contributed by atoms with Gasteiger partial charge in [-0.05, 0) is 35.5 Å². The van der Waals surface area contributed by atoms with Crippen molar-refractivity contribution >= 4 is 46.5 Å². The lowest BCUT2D eigenvalue weighted by atomic mass is 10.2. The molecule has 0 aromatic heterocycles. The molecule has 1 heterocycles. The molecule has 22 heavy (non-hydrogen) atoms. The van der Waals surface area contributed by atoms with Crippen molar-refractivity contribution < 1.29 is 24.3 Å². The molecule has 2 rings (SSSR count). The van der Waals surface area contributed by atoms with Gasteiger partial charge in [0.15, 0.2) is 0 Å². The van der Waals surface area contributed by atoms with Gasteiger partial charge in [0, 0.05) is 12.6 Å². The number of carboxylic acid groups (broad SMARTS) is 1. The van der Waals surface area contributed by atoms with E-state index in [2.05, 4.69) is 5.32 Å². The topological polar surface area (TPSA) is 104 Å². The quantitative estimate of drug-likeness (QED) is 0.819. The molecule has 0 saturated carbocycles. The lowest BCUT2D eigenvalue weighted by Gasteiger charge is -2.07. The number of thioether (sulfide) groups is 1. The molecule has 0 unspecified atom stereocenters. The Morgan fingerprint density at radius 2 is 1.91 bits per heavy atom. The number of carboxylic acids is 1. The summed E-state index contributed by atoms with van der Waals surface area (Å²) in [4.78, 5) is 46.0. The minimum Gasteiger partial charge on any atom is -0.480 e. The molecule has 1 aromatic carbocycles. The monoisotopic (exact) mass is 320 g/mol. The molecule has 3 amide bonds. The van der Waals surface area contributed by atoms with Crippen LogP contribution >= 0.6 is 11.8 Å². The Labute approximate surface area is 130 Å². The third-order valence-electron chi connectivity index (χ3n) is 2.70. The maximum atomic E-state index is 12.0. The predicted molar refractivity (Wildman–Crippen MR) is 81.1 cm³/mol.